The number of nitro benzene ring substituents is 1. The molecule has 3 aliphatic rings. The lowest BCUT2D eigenvalue weighted by molar-refractivity contribution is -0.386. The van der Waals surface area contributed by atoms with Crippen LogP contribution in [0.3, 0.4) is 0 Å². The van der Waals surface area contributed by atoms with Gasteiger partial charge in [-0.3, -0.25) is 38.6 Å². The van der Waals surface area contributed by atoms with Crippen molar-refractivity contribution in [3.63, 3.8) is 0 Å². The van der Waals surface area contributed by atoms with Crippen LogP contribution in [0.4, 0.5) is 5.69 Å². The zero-order chi connectivity index (χ0) is 58.2. The Kier molecular flexibility index (Phi) is 18.2. The normalized spacial score (nSPS) is 17.5. The Labute approximate surface area is 453 Å². The third kappa shape index (κ3) is 13.7. The number of benzene rings is 4. The number of aromatic nitrogens is 2. The molecular formula is C47H44Cl2N3O24P3. The SMILES string of the molecule is Cc1cc2c(-c3cc(C(=O)CCC#Cc4ccc(C(OCc5cn([C@H]6CC(O)[C@@H](COP(=O)(O)OP(=O)(O)OP(=O)(O)O)O6)c(=O)[nH]c5=O)C(C)C)c([N+](=O)[O-])c4)ccc3C(=O)O)c3cc(CO)c(=O)c(Cl)c-3oc2c(Cl)c1O. The Hall–Kier alpha value is -6.24. The molecule has 2 aliphatic heterocycles. The number of carbonyl (C=O) groups is 2. The summed E-state index contributed by atoms with van der Waals surface area (Å²) in [4.78, 5) is 116. The molecule has 0 saturated carbocycles. The first-order valence-corrected chi connectivity index (χ1v) is 28.1. The van der Waals surface area contributed by atoms with E-state index in [1.165, 1.54) is 55.5 Å². The number of hydrogen-bond acceptors (Lipinski definition) is 19. The second kappa shape index (κ2) is 23.8. The average Bonchev–Trinajstić information content (AvgIpc) is 3.73. The maximum absolute atomic E-state index is 13.8. The third-order valence-corrected chi connectivity index (χ3v) is 16.5. The molecule has 0 radical (unpaired) electrons. The molecule has 1 saturated heterocycles. The topological polar surface area (TPSA) is 422 Å². The quantitative estimate of drug-likeness (QED) is 0.00952. The van der Waals surface area contributed by atoms with Crippen molar-refractivity contribution in [3.05, 3.63) is 145 Å². The van der Waals surface area contributed by atoms with Gasteiger partial charge in [0.25, 0.3) is 11.2 Å². The van der Waals surface area contributed by atoms with Gasteiger partial charge < -0.3 is 53.9 Å². The molecule has 27 nitrogen and oxygen atoms in total. The second-order valence-electron chi connectivity index (χ2n) is 17.9. The zero-order valence-electron chi connectivity index (χ0n) is 40.9. The lowest BCUT2D eigenvalue weighted by atomic mass is 9.87. The number of aromatic hydroxyl groups is 1. The van der Waals surface area contributed by atoms with Crippen LogP contribution in [0.5, 0.6) is 5.75 Å². The molecule has 79 heavy (non-hydrogen) atoms. The number of aryl methyl sites for hydroxylation is 1. The van der Waals surface area contributed by atoms with E-state index < -0.39 is 124 Å². The Morgan fingerprint density at radius 3 is 2.33 bits per heavy atom. The largest absolute Gasteiger partial charge is 0.506 e. The van der Waals surface area contributed by atoms with Crippen molar-refractivity contribution >= 4 is 75.1 Å². The molecule has 9 N–H and O–H groups in total. The van der Waals surface area contributed by atoms with E-state index in [0.717, 1.165) is 10.8 Å². The van der Waals surface area contributed by atoms with E-state index in [2.05, 4.69) is 30.0 Å². The predicted molar refractivity (Wildman–Crippen MR) is 275 cm³/mol. The molecule has 4 aromatic rings. The van der Waals surface area contributed by atoms with Crippen LogP contribution in [0.1, 0.15) is 94.0 Å². The van der Waals surface area contributed by atoms with Crippen molar-refractivity contribution in [1.82, 2.24) is 9.55 Å². The standard InChI is InChI=1S/C47H44Cl2N3O24P3/c1-21(2)42(71-19-26-17-51(47(61)50-45(26)58)36-16-34(55)35(73-36)20-72-78(67,68)76-79(69,70)75-77(64,65)66)28-10-8-23(13-32(28)52(62)63)6-4-5-7-33(54)24-9-11-27(46(59)60)29(14-24)37-30-12-22(3)40(56)38(48)43(30)74-44-31(37)15-25(18-53)41(57)39(44)49/h8-15,17,21,34-36,42,53,55-56H,5,7,16,18-20H2,1-3H3,(H,59,60)(H,67,68)(H,69,70)(H,50,58,61)(H2,64,65,66)/t34?,35-,36-,42?/m1/s1. The number of nitrogens with zero attached hydrogens (tertiary/aromatic N) is 2. The van der Waals surface area contributed by atoms with Crippen molar-refractivity contribution in [1.29, 1.82) is 0 Å². The van der Waals surface area contributed by atoms with Gasteiger partial charge in [-0.1, -0.05) is 55.0 Å². The number of aromatic amines is 1. The predicted octanol–water partition coefficient (Wildman–Crippen LogP) is 6.75. The highest BCUT2D eigenvalue weighted by Gasteiger charge is 2.43. The highest BCUT2D eigenvalue weighted by molar-refractivity contribution is 7.66. The first-order chi connectivity index (χ1) is 36.9. The number of phenols is 1. The number of ether oxygens (including phenoxy) is 2. The minimum atomic E-state index is -5.85. The van der Waals surface area contributed by atoms with Gasteiger partial charge in [0.05, 0.1) is 53.6 Å². The molecule has 1 fully saturated rings. The molecule has 32 heteroatoms. The monoisotopic (exact) mass is 1200 g/mol. The maximum Gasteiger partial charge on any atom is 0.490 e. The number of rotatable bonds is 20. The molecule has 0 bridgehead atoms. The molecule has 3 heterocycles. The molecule has 6 atom stereocenters. The summed E-state index contributed by atoms with van der Waals surface area (Å²) in [5, 5.41) is 53.5. The number of H-pyrrole nitrogens is 1. The van der Waals surface area contributed by atoms with Crippen LogP contribution in [-0.2, 0) is 49.5 Å². The molecule has 420 valence electrons. The van der Waals surface area contributed by atoms with Gasteiger partial charge in [-0.2, -0.15) is 8.62 Å². The van der Waals surface area contributed by atoms with Crippen LogP contribution in [0.25, 0.3) is 33.4 Å². The number of aliphatic hydroxyl groups excluding tert-OH is 2. The van der Waals surface area contributed by atoms with Gasteiger partial charge >= 0.3 is 35.1 Å². The summed E-state index contributed by atoms with van der Waals surface area (Å²) < 4.78 is 65.0. The first-order valence-electron chi connectivity index (χ1n) is 22.9. The number of hydrogen-bond donors (Lipinski definition) is 9. The van der Waals surface area contributed by atoms with E-state index in [4.69, 9.17) is 46.9 Å². The highest BCUT2D eigenvalue weighted by atomic mass is 35.5. The summed E-state index contributed by atoms with van der Waals surface area (Å²) in [6.45, 7) is 2.54. The van der Waals surface area contributed by atoms with Gasteiger partial charge in [0.2, 0.25) is 5.43 Å². The fraction of sp³-hybridized carbons (Fsp3) is 0.298. The zero-order valence-corrected chi connectivity index (χ0v) is 45.1. The number of carbonyl (C=O) groups excluding carboxylic acids is 1. The number of phosphoric acid groups is 3. The number of carboxylic acids is 1. The number of Topliss-reactive ketones (excluding diaryl/α,β-unsaturated/α-hetero) is 1. The Morgan fingerprint density at radius 1 is 0.975 bits per heavy atom. The van der Waals surface area contributed by atoms with Crippen LogP contribution in [0.15, 0.2) is 73.5 Å². The summed E-state index contributed by atoms with van der Waals surface area (Å²) in [6, 6.07) is 10.6. The van der Waals surface area contributed by atoms with Crippen LogP contribution in [0, 0.1) is 34.8 Å². The molecular weight excluding hydrogens is 1150 g/mol. The van der Waals surface area contributed by atoms with Crippen LogP contribution in [-0.4, -0.2) is 85.0 Å². The number of carboxylic acid groups (broad SMARTS) is 1. The van der Waals surface area contributed by atoms with Crippen LogP contribution < -0.4 is 16.7 Å². The number of aliphatic hydroxyl groups is 2. The van der Waals surface area contributed by atoms with Gasteiger partial charge in [-0.15, -0.1) is 0 Å². The van der Waals surface area contributed by atoms with Crippen molar-refractivity contribution < 1.29 is 95.2 Å². The van der Waals surface area contributed by atoms with Gasteiger partial charge in [0, 0.05) is 64.7 Å². The number of fused-ring (bicyclic) bond motifs is 2. The van der Waals surface area contributed by atoms with E-state index >= 15 is 0 Å². The Bertz CT molecular complexity index is 3830. The number of nitro groups is 1. The molecule has 1 aromatic heterocycles. The lowest BCUT2D eigenvalue weighted by Gasteiger charge is -2.22. The van der Waals surface area contributed by atoms with Crippen molar-refractivity contribution in [2.75, 3.05) is 6.61 Å². The van der Waals surface area contributed by atoms with E-state index in [0.29, 0.717) is 0 Å². The average molecular weight is 1200 g/mol. The molecule has 3 aromatic carbocycles. The number of nitrogens with one attached hydrogen (secondary N) is 1. The number of halogens is 2. The summed E-state index contributed by atoms with van der Waals surface area (Å²) in [6.07, 6.45) is -5.18. The molecule has 4 unspecified atom stereocenters. The van der Waals surface area contributed by atoms with Gasteiger partial charge in [-0.25, -0.2) is 23.3 Å². The Balaban J connectivity index is 1.07. The molecule has 7 rings (SSSR count). The van der Waals surface area contributed by atoms with Crippen molar-refractivity contribution in [2.24, 2.45) is 5.92 Å². The van der Waals surface area contributed by atoms with Crippen LogP contribution in [0.2, 0.25) is 10.0 Å². The van der Waals surface area contributed by atoms with Crippen molar-refractivity contribution in [2.45, 2.75) is 77.8 Å². The molecule has 0 amide bonds. The fourth-order valence-electron chi connectivity index (χ4n) is 8.43. The number of phenolic OH excluding ortho intramolecular Hbond substituents is 1. The maximum atomic E-state index is 13.8. The first kappa shape index (κ1) is 60.4. The fourth-order valence-corrected chi connectivity index (χ4v) is 12.0. The third-order valence-electron chi connectivity index (χ3n) is 12.0. The van der Waals surface area contributed by atoms with Gasteiger partial charge in [0.1, 0.15) is 28.1 Å². The van der Waals surface area contributed by atoms with E-state index in [-0.39, 0.29) is 96.0 Å². The minimum Gasteiger partial charge on any atom is -0.506 e. The molecule has 0 spiro atoms. The summed E-state index contributed by atoms with van der Waals surface area (Å²) in [5.74, 6) is 2.63. The second-order valence-corrected chi connectivity index (χ2v) is 23.0. The summed E-state index contributed by atoms with van der Waals surface area (Å²) in [5.41, 5.74) is -3.27. The van der Waals surface area contributed by atoms with Gasteiger partial charge in [0.15, 0.2) is 17.1 Å². The van der Waals surface area contributed by atoms with Crippen LogP contribution >= 0.6 is 46.7 Å². The van der Waals surface area contributed by atoms with E-state index in [1.54, 1.807) is 13.8 Å². The molecule has 1 aliphatic carbocycles. The summed E-state index contributed by atoms with van der Waals surface area (Å²) in [7, 11) is -17.1. The minimum absolute atomic E-state index is 0.0300. The van der Waals surface area contributed by atoms with Gasteiger partial charge in [-0.05, 0) is 60.4 Å². The highest BCUT2D eigenvalue weighted by Crippen LogP contribution is 2.66. The number of aromatic carboxylic acids is 1. The van der Waals surface area contributed by atoms with Crippen molar-refractivity contribution in [3.8, 4) is 40.0 Å². The van der Waals surface area contributed by atoms with E-state index in [9.17, 15) is 78.0 Å². The number of phosphoric ester groups is 1. The van der Waals surface area contributed by atoms with E-state index in [1.807, 2.05) is 0 Å². The Morgan fingerprint density at radius 2 is 1.68 bits per heavy atom. The lowest BCUT2D eigenvalue weighted by Crippen LogP contribution is -2.34. The summed E-state index contributed by atoms with van der Waals surface area (Å²) >= 11 is 13.0. The number of ketones is 1. The smallest absolute Gasteiger partial charge is 0.490 e.